The lowest BCUT2D eigenvalue weighted by Crippen LogP contribution is -2.36. The predicted octanol–water partition coefficient (Wildman–Crippen LogP) is 5.00. The molecule has 1 amide bonds. The first-order valence-electron chi connectivity index (χ1n) is 11.1. The number of morpholine rings is 1. The van der Waals surface area contributed by atoms with Gasteiger partial charge in [-0.15, -0.1) is 0 Å². The minimum absolute atomic E-state index is 0.194. The molecular formula is C27H23FN2O4. The molecule has 1 aromatic heterocycles. The summed E-state index contributed by atoms with van der Waals surface area (Å²) >= 11 is 0. The maximum atomic E-state index is 14.8. The van der Waals surface area contributed by atoms with Crippen LogP contribution in [-0.4, -0.2) is 32.2 Å². The molecule has 4 aromatic rings. The van der Waals surface area contributed by atoms with Gasteiger partial charge in [-0.1, -0.05) is 36.4 Å². The van der Waals surface area contributed by atoms with E-state index < -0.39 is 11.7 Å². The van der Waals surface area contributed by atoms with E-state index in [4.69, 9.17) is 9.15 Å². The SMILES string of the molecule is Cc1c(-c2ccccc2)oc2c(C(=O)Nc3ccc(N4CCOCC4)c(F)c3)cccc2c1=O. The first kappa shape index (κ1) is 21.9. The van der Waals surface area contributed by atoms with Crippen LogP contribution < -0.4 is 15.6 Å². The van der Waals surface area contributed by atoms with Crippen molar-refractivity contribution in [1.29, 1.82) is 0 Å². The predicted molar refractivity (Wildman–Crippen MR) is 130 cm³/mol. The second kappa shape index (κ2) is 9.11. The lowest BCUT2D eigenvalue weighted by molar-refractivity contribution is 0.102. The zero-order chi connectivity index (χ0) is 23.7. The molecule has 1 aliphatic heterocycles. The van der Waals surface area contributed by atoms with Crippen molar-refractivity contribution >= 4 is 28.3 Å². The van der Waals surface area contributed by atoms with Crippen molar-refractivity contribution in [2.24, 2.45) is 0 Å². The second-order valence-corrected chi connectivity index (χ2v) is 8.15. The van der Waals surface area contributed by atoms with E-state index >= 15 is 0 Å². The third-order valence-corrected chi connectivity index (χ3v) is 5.98. The number of carbonyl (C=O) groups is 1. The lowest BCUT2D eigenvalue weighted by Gasteiger charge is -2.29. The second-order valence-electron chi connectivity index (χ2n) is 8.15. The highest BCUT2D eigenvalue weighted by atomic mass is 19.1. The Labute approximate surface area is 195 Å². The van der Waals surface area contributed by atoms with Crippen LogP contribution in [0, 0.1) is 12.7 Å². The summed E-state index contributed by atoms with van der Waals surface area (Å²) in [7, 11) is 0. The van der Waals surface area contributed by atoms with Crippen molar-refractivity contribution in [3.8, 4) is 11.3 Å². The van der Waals surface area contributed by atoms with Crippen LogP contribution in [0.2, 0.25) is 0 Å². The molecule has 5 rings (SSSR count). The Balaban J connectivity index is 1.49. The number of hydrogen-bond donors (Lipinski definition) is 1. The van der Waals surface area contributed by atoms with Gasteiger partial charge in [0.05, 0.1) is 29.9 Å². The number of hydrogen-bond acceptors (Lipinski definition) is 5. The molecule has 0 radical (unpaired) electrons. The molecule has 0 saturated carbocycles. The van der Waals surface area contributed by atoms with E-state index in [0.717, 1.165) is 5.56 Å². The quantitative estimate of drug-likeness (QED) is 0.466. The minimum atomic E-state index is -0.491. The average molecular weight is 458 g/mol. The van der Waals surface area contributed by atoms with Gasteiger partial charge in [-0.3, -0.25) is 9.59 Å². The van der Waals surface area contributed by atoms with Gasteiger partial charge in [0.25, 0.3) is 5.91 Å². The van der Waals surface area contributed by atoms with Crippen LogP contribution in [0.15, 0.2) is 75.9 Å². The van der Waals surface area contributed by atoms with E-state index in [2.05, 4.69) is 5.32 Å². The van der Waals surface area contributed by atoms with Crippen molar-refractivity contribution in [3.63, 3.8) is 0 Å². The Morgan fingerprint density at radius 2 is 1.76 bits per heavy atom. The van der Waals surface area contributed by atoms with Crippen LogP contribution >= 0.6 is 0 Å². The number of halogens is 1. The monoisotopic (exact) mass is 458 g/mol. The van der Waals surface area contributed by atoms with E-state index in [9.17, 15) is 14.0 Å². The number of anilines is 2. The van der Waals surface area contributed by atoms with Crippen molar-refractivity contribution in [2.45, 2.75) is 6.92 Å². The Morgan fingerprint density at radius 1 is 1.00 bits per heavy atom. The van der Waals surface area contributed by atoms with Gasteiger partial charge in [0.15, 0.2) is 11.0 Å². The summed E-state index contributed by atoms with van der Waals surface area (Å²) in [6, 6.07) is 18.7. The minimum Gasteiger partial charge on any atom is -0.455 e. The normalized spacial score (nSPS) is 13.8. The zero-order valence-corrected chi connectivity index (χ0v) is 18.6. The molecule has 6 nitrogen and oxygen atoms in total. The van der Waals surface area contributed by atoms with Gasteiger partial charge in [0.2, 0.25) is 0 Å². The van der Waals surface area contributed by atoms with Gasteiger partial charge in [0, 0.05) is 29.9 Å². The number of fused-ring (bicyclic) bond motifs is 1. The first-order chi connectivity index (χ1) is 16.5. The van der Waals surface area contributed by atoms with Crippen molar-refractivity contribution < 1.29 is 18.3 Å². The number of para-hydroxylation sites is 1. The molecular weight excluding hydrogens is 435 g/mol. The Morgan fingerprint density at radius 3 is 2.50 bits per heavy atom. The van der Waals surface area contributed by atoms with E-state index in [1.165, 1.54) is 6.07 Å². The Kier molecular flexibility index (Phi) is 5.86. The summed E-state index contributed by atoms with van der Waals surface area (Å²) in [6.45, 7) is 4.03. The molecule has 0 unspecified atom stereocenters. The molecule has 172 valence electrons. The van der Waals surface area contributed by atoms with Gasteiger partial charge < -0.3 is 19.4 Å². The first-order valence-corrected chi connectivity index (χ1v) is 11.1. The topological polar surface area (TPSA) is 71.8 Å². The lowest BCUT2D eigenvalue weighted by atomic mass is 10.0. The molecule has 0 aliphatic carbocycles. The Bertz CT molecular complexity index is 1430. The number of ether oxygens (including phenoxy) is 1. The van der Waals surface area contributed by atoms with Crippen molar-refractivity contribution in [2.75, 3.05) is 36.5 Å². The fourth-order valence-electron chi connectivity index (χ4n) is 4.20. The molecule has 3 aromatic carbocycles. The molecule has 1 aliphatic rings. The van der Waals surface area contributed by atoms with Gasteiger partial charge in [-0.2, -0.15) is 0 Å². The third-order valence-electron chi connectivity index (χ3n) is 5.98. The number of amides is 1. The average Bonchev–Trinajstić information content (AvgIpc) is 2.87. The summed E-state index contributed by atoms with van der Waals surface area (Å²) < 4.78 is 26.2. The molecule has 1 fully saturated rings. The number of rotatable bonds is 4. The zero-order valence-electron chi connectivity index (χ0n) is 18.6. The molecule has 0 bridgehead atoms. The van der Waals surface area contributed by atoms with Crippen molar-refractivity contribution in [3.05, 3.63) is 93.9 Å². The van der Waals surface area contributed by atoms with E-state index in [0.29, 0.717) is 54.4 Å². The fourth-order valence-corrected chi connectivity index (χ4v) is 4.20. The molecule has 0 spiro atoms. The molecule has 2 heterocycles. The van der Waals surface area contributed by atoms with Crippen LogP contribution in [-0.2, 0) is 4.74 Å². The van der Waals surface area contributed by atoms with Gasteiger partial charge in [-0.05, 0) is 37.3 Å². The summed E-state index contributed by atoms with van der Waals surface area (Å²) in [5, 5.41) is 3.05. The number of benzene rings is 3. The summed E-state index contributed by atoms with van der Waals surface area (Å²) in [4.78, 5) is 28.1. The number of nitrogens with one attached hydrogen (secondary N) is 1. The van der Waals surface area contributed by atoms with Gasteiger partial charge in [-0.25, -0.2) is 4.39 Å². The highest BCUT2D eigenvalue weighted by Gasteiger charge is 2.20. The van der Waals surface area contributed by atoms with E-state index in [1.54, 1.807) is 37.3 Å². The van der Waals surface area contributed by atoms with Gasteiger partial charge in [0.1, 0.15) is 11.6 Å². The van der Waals surface area contributed by atoms with Crippen LogP contribution in [0.5, 0.6) is 0 Å². The highest BCUT2D eigenvalue weighted by Crippen LogP contribution is 2.28. The molecule has 1 saturated heterocycles. The van der Waals surface area contributed by atoms with Crippen LogP contribution in [0.1, 0.15) is 15.9 Å². The van der Waals surface area contributed by atoms with Gasteiger partial charge >= 0.3 is 0 Å². The largest absolute Gasteiger partial charge is 0.455 e. The smallest absolute Gasteiger partial charge is 0.259 e. The third kappa shape index (κ3) is 4.06. The maximum Gasteiger partial charge on any atom is 0.259 e. The highest BCUT2D eigenvalue weighted by molar-refractivity contribution is 6.11. The molecule has 34 heavy (non-hydrogen) atoms. The molecule has 7 heteroatoms. The standard InChI is InChI=1S/C27H23FN2O4/c1-17-24(31)20-8-5-9-21(26(20)34-25(17)18-6-3-2-4-7-18)27(32)29-19-10-11-23(22(28)16-19)30-12-14-33-15-13-30/h2-11,16H,12-15H2,1H3,(H,29,32). The number of nitrogens with zero attached hydrogens (tertiary/aromatic N) is 1. The number of carbonyl (C=O) groups excluding carboxylic acids is 1. The van der Waals surface area contributed by atoms with Crippen LogP contribution in [0.3, 0.4) is 0 Å². The summed E-state index contributed by atoms with van der Waals surface area (Å²) in [5.41, 5.74) is 2.20. The van der Waals surface area contributed by atoms with Crippen molar-refractivity contribution in [1.82, 2.24) is 0 Å². The summed E-state index contributed by atoms with van der Waals surface area (Å²) in [6.07, 6.45) is 0. The molecule has 1 N–H and O–H groups in total. The summed E-state index contributed by atoms with van der Waals surface area (Å²) in [5.74, 6) is -0.500. The van der Waals surface area contributed by atoms with Crippen LogP contribution in [0.25, 0.3) is 22.3 Å². The fraction of sp³-hybridized carbons (Fsp3) is 0.185. The van der Waals surface area contributed by atoms with Crippen LogP contribution in [0.4, 0.5) is 15.8 Å². The van der Waals surface area contributed by atoms with E-state index in [1.807, 2.05) is 35.2 Å². The Hall–Kier alpha value is -3.97. The molecule has 0 atom stereocenters. The maximum absolute atomic E-state index is 14.8. The van der Waals surface area contributed by atoms with E-state index in [-0.39, 0.29) is 16.6 Å².